The Bertz CT molecular complexity index is 790. The molecule has 1 atom stereocenters. The van der Waals surface area contributed by atoms with E-state index in [1.165, 1.54) is 12.1 Å². The fourth-order valence-electron chi connectivity index (χ4n) is 3.17. The van der Waals surface area contributed by atoms with Gasteiger partial charge in [0.2, 0.25) is 11.8 Å². The summed E-state index contributed by atoms with van der Waals surface area (Å²) in [5, 5.41) is 2.91. The van der Waals surface area contributed by atoms with Gasteiger partial charge in [-0.3, -0.25) is 9.59 Å². The van der Waals surface area contributed by atoms with Gasteiger partial charge in [-0.2, -0.15) is 0 Å². The normalized spacial score (nSPS) is 16.4. The van der Waals surface area contributed by atoms with Crippen molar-refractivity contribution in [2.75, 3.05) is 24.6 Å². The van der Waals surface area contributed by atoms with Gasteiger partial charge in [-0.25, -0.2) is 4.39 Å². The Hall–Kier alpha value is -2.89. The van der Waals surface area contributed by atoms with Crippen LogP contribution in [0.1, 0.15) is 18.9 Å². The number of rotatable bonds is 7. The van der Waals surface area contributed by atoms with E-state index >= 15 is 0 Å². The van der Waals surface area contributed by atoms with Crippen LogP contribution in [0, 0.1) is 11.7 Å². The highest BCUT2D eigenvalue weighted by atomic mass is 19.1. The van der Waals surface area contributed by atoms with Crippen LogP contribution in [0.25, 0.3) is 0 Å². The fraction of sp³-hybridized carbons (Fsp3) is 0.333. The molecule has 1 unspecified atom stereocenters. The van der Waals surface area contributed by atoms with E-state index in [0.29, 0.717) is 31.8 Å². The molecule has 1 fully saturated rings. The Morgan fingerprint density at radius 1 is 1.19 bits per heavy atom. The minimum atomic E-state index is -0.330. The first-order valence-corrected chi connectivity index (χ1v) is 9.09. The van der Waals surface area contributed by atoms with Gasteiger partial charge in [-0.1, -0.05) is 12.1 Å². The minimum Gasteiger partial charge on any atom is -0.494 e. The fourth-order valence-corrected chi connectivity index (χ4v) is 3.17. The van der Waals surface area contributed by atoms with Crippen molar-refractivity contribution in [3.63, 3.8) is 0 Å². The van der Waals surface area contributed by atoms with Crippen molar-refractivity contribution in [3.05, 3.63) is 59.9 Å². The van der Waals surface area contributed by atoms with Gasteiger partial charge in [-0.15, -0.1) is 0 Å². The predicted octanol–water partition coefficient (Wildman–Crippen LogP) is 2.94. The van der Waals surface area contributed by atoms with Gasteiger partial charge in [0.05, 0.1) is 13.0 Å². The molecule has 1 heterocycles. The van der Waals surface area contributed by atoms with Gasteiger partial charge in [0.1, 0.15) is 11.6 Å². The monoisotopic (exact) mass is 370 g/mol. The molecule has 0 bridgehead atoms. The molecule has 0 spiro atoms. The molecular formula is C21H23FN2O3. The van der Waals surface area contributed by atoms with Crippen LogP contribution in [-0.2, 0) is 16.0 Å². The number of ether oxygens (including phenoxy) is 1. The van der Waals surface area contributed by atoms with Crippen molar-refractivity contribution in [1.82, 2.24) is 5.32 Å². The van der Waals surface area contributed by atoms with Crippen LogP contribution in [0.3, 0.4) is 0 Å². The molecule has 142 valence electrons. The zero-order chi connectivity index (χ0) is 19.2. The second-order valence-corrected chi connectivity index (χ2v) is 6.61. The third-order valence-corrected chi connectivity index (χ3v) is 4.53. The summed E-state index contributed by atoms with van der Waals surface area (Å²) in [7, 11) is 0. The van der Waals surface area contributed by atoms with Crippen LogP contribution in [0.4, 0.5) is 10.1 Å². The third kappa shape index (κ3) is 5.06. The molecule has 2 aromatic rings. The summed E-state index contributed by atoms with van der Waals surface area (Å²) in [5.41, 5.74) is 1.59. The maximum atomic E-state index is 13.0. The molecule has 6 heteroatoms. The summed E-state index contributed by atoms with van der Waals surface area (Å²) in [6.07, 6.45) is 0.662. The molecule has 3 rings (SSSR count). The Morgan fingerprint density at radius 3 is 2.56 bits per heavy atom. The van der Waals surface area contributed by atoms with E-state index in [4.69, 9.17) is 4.74 Å². The van der Waals surface area contributed by atoms with Gasteiger partial charge in [0.25, 0.3) is 0 Å². The molecule has 1 aliphatic heterocycles. The topological polar surface area (TPSA) is 58.6 Å². The van der Waals surface area contributed by atoms with Gasteiger partial charge in [0.15, 0.2) is 0 Å². The molecule has 5 nitrogen and oxygen atoms in total. The predicted molar refractivity (Wildman–Crippen MR) is 101 cm³/mol. The Morgan fingerprint density at radius 2 is 1.89 bits per heavy atom. The van der Waals surface area contributed by atoms with E-state index < -0.39 is 0 Å². The van der Waals surface area contributed by atoms with Gasteiger partial charge >= 0.3 is 0 Å². The highest BCUT2D eigenvalue weighted by Gasteiger charge is 2.30. The summed E-state index contributed by atoms with van der Waals surface area (Å²) < 4.78 is 18.4. The lowest BCUT2D eigenvalue weighted by Crippen LogP contribution is -2.32. The maximum Gasteiger partial charge on any atom is 0.227 e. The number of nitrogens with zero attached hydrogens (tertiary/aromatic N) is 1. The van der Waals surface area contributed by atoms with E-state index in [0.717, 1.165) is 11.3 Å². The van der Waals surface area contributed by atoms with E-state index in [-0.39, 0.29) is 30.0 Å². The standard InChI is InChI=1S/C21H23FN2O3/c1-2-27-19-9-3-15(4-10-19)11-20(25)23-13-16-12-21(26)24(14-16)18-7-5-17(22)6-8-18/h3-10,16H,2,11-14H2,1H3,(H,23,25). The van der Waals surface area contributed by atoms with Crippen molar-refractivity contribution < 1.29 is 18.7 Å². The Labute approximate surface area is 158 Å². The van der Waals surface area contributed by atoms with Crippen LogP contribution < -0.4 is 15.0 Å². The lowest BCUT2D eigenvalue weighted by atomic mass is 10.1. The Balaban J connectivity index is 1.47. The molecule has 1 N–H and O–H groups in total. The number of hydrogen-bond donors (Lipinski definition) is 1. The number of anilines is 1. The molecule has 1 saturated heterocycles. The minimum absolute atomic E-state index is 0.00706. The second kappa shape index (κ2) is 8.66. The average molecular weight is 370 g/mol. The largest absolute Gasteiger partial charge is 0.494 e. The molecule has 27 heavy (non-hydrogen) atoms. The molecular weight excluding hydrogens is 347 g/mol. The number of carbonyl (C=O) groups is 2. The highest BCUT2D eigenvalue weighted by Crippen LogP contribution is 2.24. The second-order valence-electron chi connectivity index (χ2n) is 6.61. The molecule has 0 aliphatic carbocycles. The van der Waals surface area contributed by atoms with Gasteiger partial charge in [-0.05, 0) is 48.9 Å². The van der Waals surface area contributed by atoms with Crippen LogP contribution in [0.15, 0.2) is 48.5 Å². The zero-order valence-corrected chi connectivity index (χ0v) is 15.3. The smallest absolute Gasteiger partial charge is 0.227 e. The summed E-state index contributed by atoms with van der Waals surface area (Å²) in [4.78, 5) is 26.0. The van der Waals surface area contributed by atoms with Gasteiger partial charge < -0.3 is 15.0 Å². The molecule has 0 radical (unpaired) electrons. The summed E-state index contributed by atoms with van der Waals surface area (Å²) in [6.45, 7) is 3.49. The number of amides is 2. The van der Waals surface area contributed by atoms with E-state index in [1.807, 2.05) is 31.2 Å². The molecule has 0 aromatic heterocycles. The molecule has 0 saturated carbocycles. The van der Waals surface area contributed by atoms with E-state index in [2.05, 4.69) is 5.32 Å². The number of hydrogen-bond acceptors (Lipinski definition) is 3. The molecule has 1 aliphatic rings. The lowest BCUT2D eigenvalue weighted by molar-refractivity contribution is -0.121. The zero-order valence-electron chi connectivity index (χ0n) is 15.3. The SMILES string of the molecule is CCOc1ccc(CC(=O)NCC2CC(=O)N(c3ccc(F)cc3)C2)cc1. The Kier molecular flexibility index (Phi) is 6.06. The average Bonchev–Trinajstić information content (AvgIpc) is 3.03. The van der Waals surface area contributed by atoms with Crippen LogP contribution >= 0.6 is 0 Å². The third-order valence-electron chi connectivity index (χ3n) is 4.53. The van der Waals surface area contributed by atoms with Crippen molar-refractivity contribution in [1.29, 1.82) is 0 Å². The van der Waals surface area contributed by atoms with Gasteiger partial charge in [0, 0.05) is 31.1 Å². The van der Waals surface area contributed by atoms with Crippen LogP contribution in [0.5, 0.6) is 5.75 Å². The summed E-state index contributed by atoms with van der Waals surface area (Å²) >= 11 is 0. The summed E-state index contributed by atoms with van der Waals surface area (Å²) in [6, 6.07) is 13.3. The highest BCUT2D eigenvalue weighted by molar-refractivity contribution is 5.95. The van der Waals surface area contributed by atoms with Crippen molar-refractivity contribution in [2.24, 2.45) is 5.92 Å². The quantitative estimate of drug-likeness (QED) is 0.815. The number of nitrogens with one attached hydrogen (secondary N) is 1. The first kappa shape index (κ1) is 18.9. The first-order valence-electron chi connectivity index (χ1n) is 9.09. The molecule has 2 amide bonds. The number of carbonyl (C=O) groups excluding carboxylic acids is 2. The van der Waals surface area contributed by atoms with E-state index in [9.17, 15) is 14.0 Å². The summed E-state index contributed by atoms with van der Waals surface area (Å²) in [5.74, 6) is 0.418. The number of benzene rings is 2. The van der Waals surface area contributed by atoms with E-state index in [1.54, 1.807) is 17.0 Å². The maximum absolute atomic E-state index is 13.0. The van der Waals surface area contributed by atoms with Crippen LogP contribution in [-0.4, -0.2) is 31.5 Å². The van der Waals surface area contributed by atoms with Crippen LogP contribution in [0.2, 0.25) is 0 Å². The van der Waals surface area contributed by atoms with Crippen molar-refractivity contribution in [2.45, 2.75) is 19.8 Å². The lowest BCUT2D eigenvalue weighted by Gasteiger charge is -2.17. The first-order chi connectivity index (χ1) is 13.0. The van der Waals surface area contributed by atoms with Crippen molar-refractivity contribution in [3.8, 4) is 5.75 Å². The van der Waals surface area contributed by atoms with Crippen molar-refractivity contribution >= 4 is 17.5 Å². The number of halogens is 1. The molecule has 2 aromatic carbocycles.